The summed E-state index contributed by atoms with van der Waals surface area (Å²) in [5, 5.41) is -0.0949. The number of alkyl halides is 1. The molecular weight excluding hydrogens is 243 g/mol. The van der Waals surface area contributed by atoms with Gasteiger partial charge in [0.25, 0.3) is 0 Å². The quantitative estimate of drug-likeness (QED) is 0.437. The lowest BCUT2D eigenvalue weighted by Gasteiger charge is -1.93. The average Bonchev–Trinajstić information content (AvgIpc) is 2.25. The third-order valence-electron chi connectivity index (χ3n) is 0.895. The molecule has 0 aromatic carbocycles. The van der Waals surface area contributed by atoms with Gasteiger partial charge >= 0.3 is 11.9 Å². The second-order valence-electron chi connectivity index (χ2n) is 1.96. The zero-order valence-corrected chi connectivity index (χ0v) is 9.81. The first kappa shape index (κ1) is 16.4. The van der Waals surface area contributed by atoms with Gasteiger partial charge in [-0.05, 0) is 0 Å². The highest BCUT2D eigenvalue weighted by molar-refractivity contribution is 6.40. The minimum Gasteiger partial charge on any atom is -0.465 e. The van der Waals surface area contributed by atoms with E-state index in [-0.39, 0.29) is 11.6 Å². The summed E-state index contributed by atoms with van der Waals surface area (Å²) < 4.78 is 8.59. The minimum atomic E-state index is -0.582. The second-order valence-corrected chi connectivity index (χ2v) is 2.79. The molecule has 0 heterocycles. The number of carbonyl (C=O) groups excluding carboxylic acids is 2. The summed E-state index contributed by atoms with van der Waals surface area (Å²) in [5.74, 6) is -0.674. The fourth-order valence-electron chi connectivity index (χ4n) is 0.309. The van der Waals surface area contributed by atoms with Crippen molar-refractivity contribution in [1.82, 2.24) is 0 Å². The number of methoxy groups -OCH3 is 1. The van der Waals surface area contributed by atoms with Crippen molar-refractivity contribution >= 4 is 35.1 Å². The molecule has 0 saturated carbocycles. The Morgan fingerprint density at radius 3 is 2.20 bits per heavy atom. The van der Waals surface area contributed by atoms with Crippen LogP contribution in [0.25, 0.3) is 0 Å². The van der Waals surface area contributed by atoms with Gasteiger partial charge in [-0.2, -0.15) is 0 Å². The van der Waals surface area contributed by atoms with Crippen LogP contribution in [-0.4, -0.2) is 31.5 Å². The summed E-state index contributed by atoms with van der Waals surface area (Å²) in [5.41, 5.74) is 0. The van der Waals surface area contributed by atoms with Crippen LogP contribution in [0.2, 0.25) is 0 Å². The lowest BCUT2D eigenvalue weighted by Crippen LogP contribution is -2.01. The van der Waals surface area contributed by atoms with Crippen molar-refractivity contribution in [3.63, 3.8) is 0 Å². The van der Waals surface area contributed by atoms with E-state index in [0.29, 0.717) is 5.88 Å². The summed E-state index contributed by atoms with van der Waals surface area (Å²) in [4.78, 5) is 20.2. The molecule has 0 N–H and O–H groups in total. The van der Waals surface area contributed by atoms with Crippen LogP contribution in [0.4, 0.5) is 0 Å². The highest BCUT2D eigenvalue weighted by atomic mass is 35.5. The molecule has 0 atom stereocenters. The zero-order valence-electron chi connectivity index (χ0n) is 8.29. The van der Waals surface area contributed by atoms with E-state index in [1.165, 1.54) is 7.11 Å². The van der Waals surface area contributed by atoms with Crippen LogP contribution in [0.15, 0.2) is 24.3 Å². The molecule has 4 nitrogen and oxygen atoms in total. The van der Waals surface area contributed by atoms with E-state index < -0.39 is 11.9 Å². The molecule has 86 valence electrons. The molecule has 15 heavy (non-hydrogen) atoms. The molecule has 0 aliphatic rings. The summed E-state index contributed by atoms with van der Waals surface area (Å²) in [6.45, 7) is 6.57. The standard InChI is InChI=1S/C5H7ClO2.C4H5ClO2/c1-2-5(7)8-4-3-6;1-3(5)4(6)7-2/h2H,1,3-4H2;1H2,2H3. The van der Waals surface area contributed by atoms with Gasteiger partial charge in [0, 0.05) is 6.08 Å². The van der Waals surface area contributed by atoms with Gasteiger partial charge in [-0.15, -0.1) is 11.6 Å². The Bertz CT molecular complexity index is 238. The highest BCUT2D eigenvalue weighted by Crippen LogP contribution is 1.96. The Labute approximate surface area is 98.4 Å². The van der Waals surface area contributed by atoms with Gasteiger partial charge in [-0.3, -0.25) is 0 Å². The van der Waals surface area contributed by atoms with E-state index in [4.69, 9.17) is 23.2 Å². The number of carbonyl (C=O) groups is 2. The van der Waals surface area contributed by atoms with Crippen molar-refractivity contribution in [3.8, 4) is 0 Å². The normalized spacial score (nSPS) is 7.93. The summed E-state index contributed by atoms with van der Waals surface area (Å²) in [6.07, 6.45) is 1.10. The van der Waals surface area contributed by atoms with Crippen LogP contribution < -0.4 is 0 Å². The fraction of sp³-hybridized carbons (Fsp3) is 0.333. The van der Waals surface area contributed by atoms with Gasteiger partial charge in [0.15, 0.2) is 0 Å². The lowest BCUT2D eigenvalue weighted by molar-refractivity contribution is -0.137. The second kappa shape index (κ2) is 11.1. The van der Waals surface area contributed by atoms with E-state index in [0.717, 1.165) is 6.08 Å². The van der Waals surface area contributed by atoms with Crippen LogP contribution in [-0.2, 0) is 19.1 Å². The average molecular weight is 255 g/mol. The van der Waals surface area contributed by atoms with Crippen molar-refractivity contribution in [2.24, 2.45) is 0 Å². The Morgan fingerprint density at radius 1 is 1.47 bits per heavy atom. The maximum absolute atomic E-state index is 10.2. The van der Waals surface area contributed by atoms with Crippen molar-refractivity contribution in [2.45, 2.75) is 0 Å². The number of rotatable bonds is 4. The number of ether oxygens (including phenoxy) is 2. The predicted octanol–water partition coefficient (Wildman–Crippen LogP) is 1.87. The monoisotopic (exact) mass is 254 g/mol. The molecule has 0 aliphatic heterocycles. The number of esters is 2. The largest absolute Gasteiger partial charge is 0.465 e. The summed E-state index contributed by atoms with van der Waals surface area (Å²) in [7, 11) is 1.25. The molecule has 6 heteroatoms. The molecule has 0 unspecified atom stereocenters. The maximum Gasteiger partial charge on any atom is 0.348 e. The molecule has 0 rings (SSSR count). The maximum atomic E-state index is 10.2. The molecule has 0 spiro atoms. The Kier molecular flexibility index (Phi) is 12.1. The third kappa shape index (κ3) is 13.0. The van der Waals surface area contributed by atoms with Gasteiger partial charge < -0.3 is 9.47 Å². The van der Waals surface area contributed by atoms with Gasteiger partial charge in [0.1, 0.15) is 11.6 Å². The Balaban J connectivity index is 0. The SMILES string of the molecule is C=C(Cl)C(=O)OC.C=CC(=O)OCCCl. The van der Waals surface area contributed by atoms with Crippen LogP contribution in [0, 0.1) is 0 Å². The van der Waals surface area contributed by atoms with Crippen LogP contribution >= 0.6 is 23.2 Å². The molecule has 0 bridgehead atoms. The minimum absolute atomic E-state index is 0.0949. The topological polar surface area (TPSA) is 52.6 Å². The van der Waals surface area contributed by atoms with Crippen LogP contribution in [0.1, 0.15) is 0 Å². The molecular formula is C9H12Cl2O4. The molecule has 0 fully saturated rings. The molecule has 0 radical (unpaired) electrons. The highest BCUT2D eigenvalue weighted by Gasteiger charge is 1.98. The predicted molar refractivity (Wildman–Crippen MR) is 58.9 cm³/mol. The van der Waals surface area contributed by atoms with E-state index >= 15 is 0 Å². The first-order valence-electron chi connectivity index (χ1n) is 3.77. The summed E-state index contributed by atoms with van der Waals surface area (Å²) in [6, 6.07) is 0. The lowest BCUT2D eigenvalue weighted by atomic mass is 10.6. The third-order valence-corrected chi connectivity index (χ3v) is 1.20. The van der Waals surface area contributed by atoms with Gasteiger partial charge in [0.05, 0.1) is 13.0 Å². The van der Waals surface area contributed by atoms with Crippen molar-refractivity contribution in [3.05, 3.63) is 24.3 Å². The molecule has 0 aromatic rings. The molecule has 0 aromatic heterocycles. The Morgan fingerprint density at radius 2 is 2.00 bits per heavy atom. The van der Waals surface area contributed by atoms with Gasteiger partial charge in [-0.1, -0.05) is 24.8 Å². The molecule has 0 saturated heterocycles. The van der Waals surface area contributed by atoms with Gasteiger partial charge in [-0.25, -0.2) is 9.59 Å². The number of hydrogen-bond acceptors (Lipinski definition) is 4. The molecule has 0 aliphatic carbocycles. The van der Waals surface area contributed by atoms with Crippen LogP contribution in [0.5, 0.6) is 0 Å². The van der Waals surface area contributed by atoms with Crippen molar-refractivity contribution in [2.75, 3.05) is 19.6 Å². The smallest absolute Gasteiger partial charge is 0.348 e. The van der Waals surface area contributed by atoms with E-state index in [9.17, 15) is 9.59 Å². The Hall–Kier alpha value is -1.00. The van der Waals surface area contributed by atoms with Crippen molar-refractivity contribution < 1.29 is 19.1 Å². The zero-order chi connectivity index (χ0) is 12.3. The summed E-state index contributed by atoms with van der Waals surface area (Å²) >= 11 is 10.3. The van der Waals surface area contributed by atoms with E-state index in [1.54, 1.807) is 0 Å². The first-order chi connectivity index (χ1) is 6.99. The fourth-order valence-corrected chi connectivity index (χ4v) is 0.463. The first-order valence-corrected chi connectivity index (χ1v) is 4.68. The number of halogens is 2. The van der Waals surface area contributed by atoms with E-state index in [1.807, 2.05) is 0 Å². The van der Waals surface area contributed by atoms with Gasteiger partial charge in [0.2, 0.25) is 0 Å². The van der Waals surface area contributed by atoms with Crippen LogP contribution in [0.3, 0.4) is 0 Å². The van der Waals surface area contributed by atoms with Crippen molar-refractivity contribution in [1.29, 1.82) is 0 Å². The van der Waals surface area contributed by atoms with E-state index in [2.05, 4.69) is 22.6 Å². The number of hydrogen-bond donors (Lipinski definition) is 0. The molecule has 0 amide bonds.